The fourth-order valence-electron chi connectivity index (χ4n) is 2.15. The first-order valence-electron chi connectivity index (χ1n) is 6.98. The second-order valence-electron chi connectivity index (χ2n) is 4.98. The Bertz CT molecular complexity index is 928. The number of rotatable bonds is 3. The number of carbonyl (C=O) groups is 1. The van der Waals surface area contributed by atoms with Gasteiger partial charge in [0, 0.05) is 5.56 Å². The van der Waals surface area contributed by atoms with Gasteiger partial charge in [0.25, 0.3) is 0 Å². The van der Waals surface area contributed by atoms with E-state index in [0.29, 0.717) is 22.3 Å². The molecule has 3 rings (SSSR count). The van der Waals surface area contributed by atoms with Crippen LogP contribution in [0, 0.1) is 13.8 Å². The van der Waals surface area contributed by atoms with Gasteiger partial charge in [0.2, 0.25) is 5.88 Å². The number of fused-ring (bicyclic) bond motifs is 1. The maximum Gasteiger partial charge on any atom is 0.323 e. The van der Waals surface area contributed by atoms with Crippen LogP contribution in [-0.4, -0.2) is 28.1 Å². The van der Waals surface area contributed by atoms with Crippen molar-refractivity contribution in [2.75, 3.05) is 17.7 Å². The molecular weight excluding hydrogens is 350 g/mol. The van der Waals surface area contributed by atoms with Crippen LogP contribution >= 0.6 is 22.9 Å². The summed E-state index contributed by atoms with van der Waals surface area (Å²) < 4.78 is 4.97. The largest absolute Gasteiger partial charge is 0.480 e. The number of urea groups is 1. The molecule has 3 aromatic heterocycles. The number of ether oxygens (including phenoxy) is 1. The minimum atomic E-state index is -0.422. The quantitative estimate of drug-likeness (QED) is 0.733. The number of pyridine rings is 2. The molecule has 3 aromatic rings. The lowest BCUT2D eigenvalue weighted by Gasteiger charge is -2.10. The second kappa shape index (κ2) is 6.58. The Morgan fingerprint density at radius 2 is 2.04 bits per heavy atom. The number of amides is 2. The maximum atomic E-state index is 12.2. The van der Waals surface area contributed by atoms with E-state index in [1.165, 1.54) is 24.6 Å². The minimum Gasteiger partial charge on any atom is -0.480 e. The highest BCUT2D eigenvalue weighted by atomic mass is 35.5. The van der Waals surface area contributed by atoms with Gasteiger partial charge < -0.3 is 15.4 Å². The first-order valence-corrected chi connectivity index (χ1v) is 8.17. The Morgan fingerprint density at radius 3 is 2.75 bits per heavy atom. The zero-order valence-electron chi connectivity index (χ0n) is 13.2. The van der Waals surface area contributed by atoms with E-state index in [2.05, 4.69) is 25.6 Å². The summed E-state index contributed by atoms with van der Waals surface area (Å²) in [5.74, 6) is 0.298. The highest BCUT2D eigenvalue weighted by Crippen LogP contribution is 2.27. The summed E-state index contributed by atoms with van der Waals surface area (Å²) in [4.78, 5) is 25.8. The molecule has 0 unspecified atom stereocenters. The molecule has 24 heavy (non-hydrogen) atoms. The molecule has 2 N–H and O–H groups in total. The molecule has 0 aliphatic carbocycles. The van der Waals surface area contributed by atoms with Crippen molar-refractivity contribution in [3.8, 4) is 5.88 Å². The first kappa shape index (κ1) is 16.4. The van der Waals surface area contributed by atoms with Crippen LogP contribution in [0.15, 0.2) is 18.5 Å². The minimum absolute atomic E-state index is 0.298. The molecular formula is C15H14ClN5O2S. The number of carbonyl (C=O) groups excluding carboxylic acids is 1. The zero-order chi connectivity index (χ0) is 17.3. The summed E-state index contributed by atoms with van der Waals surface area (Å²) in [6.45, 7) is 3.82. The predicted octanol–water partition coefficient (Wildman–Crippen LogP) is 4.01. The summed E-state index contributed by atoms with van der Waals surface area (Å²) in [6, 6.07) is 1.14. The number of thiazole rings is 1. The number of hydrogen-bond acceptors (Lipinski definition) is 6. The van der Waals surface area contributed by atoms with Gasteiger partial charge in [-0.3, -0.25) is 0 Å². The number of nitrogens with one attached hydrogen (secondary N) is 2. The number of methoxy groups -OCH3 is 1. The van der Waals surface area contributed by atoms with Gasteiger partial charge in [0.15, 0.2) is 0 Å². The van der Waals surface area contributed by atoms with Crippen molar-refractivity contribution in [2.45, 2.75) is 13.8 Å². The lowest BCUT2D eigenvalue weighted by atomic mass is 10.2. The van der Waals surface area contributed by atoms with Crippen LogP contribution in [0.4, 0.5) is 16.2 Å². The molecule has 0 aliphatic heterocycles. The topological polar surface area (TPSA) is 89.0 Å². The number of aromatic nitrogens is 3. The SMILES string of the molecule is COc1ncc(NC(=O)Nc2cnc3sc(C)nc3c2C)cc1Cl. The molecule has 2 amide bonds. The van der Waals surface area contributed by atoms with E-state index in [0.717, 1.165) is 20.9 Å². The van der Waals surface area contributed by atoms with Gasteiger partial charge in [-0.05, 0) is 19.9 Å². The van der Waals surface area contributed by atoms with Crippen LogP contribution in [-0.2, 0) is 0 Å². The Balaban J connectivity index is 1.77. The molecule has 0 saturated carbocycles. The van der Waals surface area contributed by atoms with Gasteiger partial charge in [0.1, 0.15) is 15.4 Å². The maximum absolute atomic E-state index is 12.2. The van der Waals surface area contributed by atoms with Crippen LogP contribution in [0.2, 0.25) is 5.02 Å². The second-order valence-corrected chi connectivity index (χ2v) is 6.57. The summed E-state index contributed by atoms with van der Waals surface area (Å²) in [7, 11) is 1.47. The van der Waals surface area contributed by atoms with Crippen molar-refractivity contribution < 1.29 is 9.53 Å². The molecule has 0 aromatic carbocycles. The molecule has 3 heterocycles. The van der Waals surface area contributed by atoms with Crippen LogP contribution in [0.1, 0.15) is 10.6 Å². The van der Waals surface area contributed by atoms with E-state index in [1.807, 2.05) is 13.8 Å². The van der Waals surface area contributed by atoms with Crippen LogP contribution < -0.4 is 15.4 Å². The molecule has 0 spiro atoms. The normalized spacial score (nSPS) is 10.7. The monoisotopic (exact) mass is 363 g/mol. The van der Waals surface area contributed by atoms with Crippen molar-refractivity contribution in [3.63, 3.8) is 0 Å². The molecule has 0 bridgehead atoms. The Morgan fingerprint density at radius 1 is 1.25 bits per heavy atom. The van der Waals surface area contributed by atoms with E-state index >= 15 is 0 Å². The number of nitrogens with zero attached hydrogens (tertiary/aromatic N) is 3. The summed E-state index contributed by atoms with van der Waals surface area (Å²) in [6.07, 6.45) is 3.08. The van der Waals surface area contributed by atoms with Gasteiger partial charge in [-0.1, -0.05) is 22.9 Å². The molecule has 0 aliphatic rings. The Kier molecular flexibility index (Phi) is 4.50. The number of hydrogen-bond donors (Lipinski definition) is 2. The standard InChI is InChI=1S/C15H14ClN5O2S/c1-7-11(6-18-14-12(7)19-8(2)24-14)21-15(22)20-9-4-10(16)13(23-3)17-5-9/h4-6H,1-3H3,(H2,20,21,22). The van der Waals surface area contributed by atoms with Gasteiger partial charge in [-0.25, -0.2) is 19.7 Å². The molecule has 124 valence electrons. The Hall–Kier alpha value is -2.45. The van der Waals surface area contributed by atoms with Crippen LogP contribution in [0.3, 0.4) is 0 Å². The fraction of sp³-hybridized carbons (Fsp3) is 0.200. The molecule has 0 atom stereocenters. The average Bonchev–Trinajstić information content (AvgIpc) is 2.92. The number of anilines is 2. The van der Waals surface area contributed by atoms with Gasteiger partial charge in [0.05, 0.1) is 35.9 Å². The van der Waals surface area contributed by atoms with Crippen molar-refractivity contribution in [2.24, 2.45) is 0 Å². The van der Waals surface area contributed by atoms with Crippen molar-refractivity contribution in [1.82, 2.24) is 15.0 Å². The summed E-state index contributed by atoms with van der Waals surface area (Å²) in [5.41, 5.74) is 2.71. The lowest BCUT2D eigenvalue weighted by Crippen LogP contribution is -2.20. The third-order valence-corrected chi connectivity index (χ3v) is 4.44. The van der Waals surface area contributed by atoms with E-state index < -0.39 is 6.03 Å². The highest BCUT2D eigenvalue weighted by Gasteiger charge is 2.12. The lowest BCUT2D eigenvalue weighted by molar-refractivity contribution is 0.262. The molecule has 0 radical (unpaired) electrons. The molecule has 0 saturated heterocycles. The predicted molar refractivity (Wildman–Crippen MR) is 95.3 cm³/mol. The average molecular weight is 364 g/mol. The number of halogens is 1. The summed E-state index contributed by atoms with van der Waals surface area (Å²) in [5, 5.41) is 6.67. The summed E-state index contributed by atoms with van der Waals surface area (Å²) >= 11 is 7.51. The first-order chi connectivity index (χ1) is 11.5. The van der Waals surface area contributed by atoms with Crippen molar-refractivity contribution >= 4 is 50.7 Å². The van der Waals surface area contributed by atoms with Crippen molar-refractivity contribution in [1.29, 1.82) is 0 Å². The molecule has 7 nitrogen and oxygen atoms in total. The highest BCUT2D eigenvalue weighted by molar-refractivity contribution is 7.18. The van der Waals surface area contributed by atoms with E-state index in [1.54, 1.807) is 12.3 Å². The smallest absolute Gasteiger partial charge is 0.323 e. The molecule has 9 heteroatoms. The third-order valence-electron chi connectivity index (χ3n) is 3.29. The van der Waals surface area contributed by atoms with Crippen LogP contribution in [0.25, 0.3) is 10.3 Å². The third kappa shape index (κ3) is 3.24. The fourth-order valence-corrected chi connectivity index (χ4v) is 3.21. The van der Waals surface area contributed by atoms with Crippen LogP contribution in [0.5, 0.6) is 5.88 Å². The van der Waals surface area contributed by atoms with E-state index in [-0.39, 0.29) is 0 Å². The Labute approximate surface area is 147 Å². The van der Waals surface area contributed by atoms with E-state index in [9.17, 15) is 4.79 Å². The zero-order valence-corrected chi connectivity index (χ0v) is 14.7. The van der Waals surface area contributed by atoms with E-state index in [4.69, 9.17) is 16.3 Å². The van der Waals surface area contributed by atoms with Gasteiger partial charge >= 0.3 is 6.03 Å². The number of aryl methyl sites for hydroxylation is 2. The van der Waals surface area contributed by atoms with Crippen molar-refractivity contribution in [3.05, 3.63) is 34.1 Å². The van der Waals surface area contributed by atoms with Gasteiger partial charge in [-0.2, -0.15) is 0 Å². The molecule has 0 fully saturated rings. The van der Waals surface area contributed by atoms with Gasteiger partial charge in [-0.15, -0.1) is 0 Å².